The molecule has 0 fully saturated rings. The summed E-state index contributed by atoms with van der Waals surface area (Å²) in [7, 11) is 1.91. The maximum absolute atomic E-state index is 13.7. The minimum atomic E-state index is -0.148. The molecule has 0 radical (unpaired) electrons. The van der Waals surface area contributed by atoms with Crippen molar-refractivity contribution in [3.05, 3.63) is 70.5 Å². The summed E-state index contributed by atoms with van der Waals surface area (Å²) in [5.74, 6) is -0.148. The highest BCUT2D eigenvalue weighted by molar-refractivity contribution is 5.35. The van der Waals surface area contributed by atoms with Crippen LogP contribution < -0.4 is 5.32 Å². The quantitative estimate of drug-likeness (QED) is 0.850. The van der Waals surface area contributed by atoms with Crippen LogP contribution in [0.15, 0.2) is 42.5 Å². The Morgan fingerprint density at radius 2 is 1.70 bits per heavy atom. The van der Waals surface area contributed by atoms with Crippen molar-refractivity contribution in [3.8, 4) is 0 Å². The van der Waals surface area contributed by atoms with Crippen molar-refractivity contribution < 1.29 is 4.39 Å². The van der Waals surface area contributed by atoms with Gasteiger partial charge in [0.1, 0.15) is 5.82 Å². The lowest BCUT2D eigenvalue weighted by Crippen LogP contribution is -2.17. The lowest BCUT2D eigenvalue weighted by molar-refractivity contribution is 0.608. The molecule has 20 heavy (non-hydrogen) atoms. The Kier molecular flexibility index (Phi) is 4.91. The summed E-state index contributed by atoms with van der Waals surface area (Å²) in [5.41, 5.74) is 4.15. The van der Waals surface area contributed by atoms with E-state index in [1.807, 2.05) is 19.2 Å². The molecule has 106 valence electrons. The number of hydrogen-bond acceptors (Lipinski definition) is 1. The molecule has 0 spiro atoms. The van der Waals surface area contributed by atoms with Crippen molar-refractivity contribution in [2.75, 3.05) is 7.05 Å². The van der Waals surface area contributed by atoms with Crippen molar-refractivity contribution in [1.29, 1.82) is 0 Å². The summed E-state index contributed by atoms with van der Waals surface area (Å²) in [6.45, 7) is 3.96. The van der Waals surface area contributed by atoms with Gasteiger partial charge in [-0.1, -0.05) is 49.7 Å². The molecule has 0 aliphatic carbocycles. The molecule has 0 aromatic heterocycles. The van der Waals surface area contributed by atoms with Crippen molar-refractivity contribution in [1.82, 2.24) is 5.32 Å². The molecular weight excluding hydrogens is 249 g/mol. The highest BCUT2D eigenvalue weighted by atomic mass is 19.1. The molecule has 0 saturated carbocycles. The average molecular weight is 271 g/mol. The summed E-state index contributed by atoms with van der Waals surface area (Å²) < 4.78 is 13.7. The molecule has 1 unspecified atom stereocenters. The zero-order valence-corrected chi connectivity index (χ0v) is 12.4. The third-order valence-corrected chi connectivity index (χ3v) is 3.67. The van der Waals surface area contributed by atoms with Crippen LogP contribution in [0.25, 0.3) is 0 Å². The molecule has 1 atom stereocenters. The van der Waals surface area contributed by atoms with Gasteiger partial charge in [-0.3, -0.25) is 0 Å². The van der Waals surface area contributed by atoms with Crippen molar-refractivity contribution in [3.63, 3.8) is 0 Å². The molecule has 0 aliphatic heterocycles. The molecule has 2 aromatic rings. The van der Waals surface area contributed by atoms with Gasteiger partial charge < -0.3 is 5.32 Å². The van der Waals surface area contributed by atoms with Gasteiger partial charge in [0.25, 0.3) is 0 Å². The maximum atomic E-state index is 13.7. The van der Waals surface area contributed by atoms with E-state index in [1.54, 1.807) is 13.0 Å². The molecule has 0 bridgehead atoms. The molecule has 2 aromatic carbocycles. The van der Waals surface area contributed by atoms with Crippen LogP contribution in [0.1, 0.15) is 41.6 Å². The van der Waals surface area contributed by atoms with Gasteiger partial charge in [-0.25, -0.2) is 4.39 Å². The highest BCUT2D eigenvalue weighted by Gasteiger charge is 2.13. The first-order valence-corrected chi connectivity index (χ1v) is 7.18. The van der Waals surface area contributed by atoms with E-state index in [2.05, 4.69) is 36.5 Å². The van der Waals surface area contributed by atoms with E-state index in [1.165, 1.54) is 5.56 Å². The third kappa shape index (κ3) is 3.26. The fraction of sp³-hybridized carbons (Fsp3) is 0.333. The van der Waals surface area contributed by atoms with Crippen molar-refractivity contribution in [2.24, 2.45) is 0 Å². The molecule has 0 saturated heterocycles. The van der Waals surface area contributed by atoms with Gasteiger partial charge in [0, 0.05) is 0 Å². The maximum Gasteiger partial charge on any atom is 0.126 e. The van der Waals surface area contributed by atoms with Crippen LogP contribution in [0, 0.1) is 12.7 Å². The number of halogens is 1. The zero-order chi connectivity index (χ0) is 14.5. The van der Waals surface area contributed by atoms with E-state index >= 15 is 0 Å². The Bertz CT molecular complexity index is 560. The predicted octanol–water partition coefficient (Wildman–Crippen LogP) is 4.40. The van der Waals surface area contributed by atoms with Crippen LogP contribution in [0.5, 0.6) is 0 Å². The Balaban J connectivity index is 2.29. The minimum Gasteiger partial charge on any atom is -0.309 e. The van der Waals surface area contributed by atoms with E-state index in [0.29, 0.717) is 5.56 Å². The number of aryl methyl sites for hydroxylation is 2. The van der Waals surface area contributed by atoms with Gasteiger partial charge >= 0.3 is 0 Å². The average Bonchev–Trinajstić information content (AvgIpc) is 2.46. The molecule has 1 N–H and O–H groups in total. The van der Waals surface area contributed by atoms with Crippen LogP contribution in [0.2, 0.25) is 0 Å². The number of nitrogens with one attached hydrogen (secondary N) is 1. The number of hydrogen-bond donors (Lipinski definition) is 1. The van der Waals surface area contributed by atoms with Gasteiger partial charge in [0.15, 0.2) is 0 Å². The first-order chi connectivity index (χ1) is 9.65. The van der Waals surface area contributed by atoms with Gasteiger partial charge in [-0.05, 0) is 48.7 Å². The van der Waals surface area contributed by atoms with Gasteiger partial charge in [0.05, 0.1) is 6.04 Å². The van der Waals surface area contributed by atoms with Crippen LogP contribution in [0.3, 0.4) is 0 Å². The van der Waals surface area contributed by atoms with Gasteiger partial charge in [-0.15, -0.1) is 0 Å². The summed E-state index contributed by atoms with van der Waals surface area (Å²) in [6, 6.07) is 14.0. The van der Waals surface area contributed by atoms with Crippen LogP contribution in [-0.4, -0.2) is 7.05 Å². The summed E-state index contributed by atoms with van der Waals surface area (Å²) in [5, 5.41) is 3.27. The predicted molar refractivity (Wildman–Crippen MR) is 82.5 cm³/mol. The largest absolute Gasteiger partial charge is 0.309 e. The Hall–Kier alpha value is -1.67. The molecular formula is C18H22FN. The van der Waals surface area contributed by atoms with E-state index in [0.717, 1.165) is 24.0 Å². The van der Waals surface area contributed by atoms with Crippen LogP contribution in [-0.2, 0) is 6.42 Å². The van der Waals surface area contributed by atoms with E-state index in [9.17, 15) is 4.39 Å². The number of rotatable bonds is 5. The van der Waals surface area contributed by atoms with Crippen LogP contribution >= 0.6 is 0 Å². The highest BCUT2D eigenvalue weighted by Crippen LogP contribution is 2.24. The molecule has 0 aliphatic rings. The second-order valence-electron chi connectivity index (χ2n) is 5.22. The second kappa shape index (κ2) is 6.67. The molecule has 1 nitrogen and oxygen atoms in total. The summed E-state index contributed by atoms with van der Waals surface area (Å²) in [4.78, 5) is 0. The molecule has 0 heterocycles. The lowest BCUT2D eigenvalue weighted by atomic mass is 9.96. The second-order valence-corrected chi connectivity index (χ2v) is 5.22. The van der Waals surface area contributed by atoms with E-state index < -0.39 is 0 Å². The van der Waals surface area contributed by atoms with Gasteiger partial charge in [0.2, 0.25) is 0 Å². The molecule has 2 rings (SSSR count). The smallest absolute Gasteiger partial charge is 0.126 e. The fourth-order valence-electron chi connectivity index (χ4n) is 2.48. The van der Waals surface area contributed by atoms with Crippen molar-refractivity contribution >= 4 is 0 Å². The van der Waals surface area contributed by atoms with E-state index in [4.69, 9.17) is 0 Å². The SMILES string of the molecule is CCCc1ccc(C(NC)c2ccc(C)c(F)c2)cc1. The molecule has 0 amide bonds. The molecule has 2 heteroatoms. The monoisotopic (exact) mass is 271 g/mol. The third-order valence-electron chi connectivity index (χ3n) is 3.67. The number of benzene rings is 2. The minimum absolute atomic E-state index is 0.0285. The van der Waals surface area contributed by atoms with Gasteiger partial charge in [-0.2, -0.15) is 0 Å². The van der Waals surface area contributed by atoms with Crippen LogP contribution in [0.4, 0.5) is 4.39 Å². The normalized spacial score (nSPS) is 12.4. The Morgan fingerprint density at radius 1 is 1.05 bits per heavy atom. The van der Waals surface area contributed by atoms with E-state index in [-0.39, 0.29) is 11.9 Å². The Labute approximate surface area is 120 Å². The Morgan fingerprint density at radius 3 is 2.25 bits per heavy atom. The first-order valence-electron chi connectivity index (χ1n) is 7.18. The zero-order valence-electron chi connectivity index (χ0n) is 12.4. The summed E-state index contributed by atoms with van der Waals surface area (Å²) in [6.07, 6.45) is 2.25. The first kappa shape index (κ1) is 14.7. The standard InChI is InChI=1S/C18H22FN/c1-4-5-14-7-10-15(11-8-14)18(20-3)16-9-6-13(2)17(19)12-16/h6-12,18,20H,4-5H2,1-3H3. The lowest BCUT2D eigenvalue weighted by Gasteiger charge is -2.18. The van der Waals surface area contributed by atoms with Crippen molar-refractivity contribution in [2.45, 2.75) is 32.7 Å². The topological polar surface area (TPSA) is 12.0 Å². The fourth-order valence-corrected chi connectivity index (χ4v) is 2.48. The summed E-state index contributed by atoms with van der Waals surface area (Å²) >= 11 is 0.